The Hall–Kier alpha value is 0.01000. The summed E-state index contributed by atoms with van der Waals surface area (Å²) in [5, 5.41) is 9.71. The Labute approximate surface area is 86.0 Å². The first-order chi connectivity index (χ1) is 6.14. The lowest BCUT2D eigenvalue weighted by atomic mass is 9.94. The van der Waals surface area contributed by atoms with E-state index in [-0.39, 0.29) is 0 Å². The predicted molar refractivity (Wildman–Crippen MR) is 59.3 cm³/mol. The molecule has 1 rings (SSSR count). The van der Waals surface area contributed by atoms with E-state index in [9.17, 15) is 5.11 Å². The Morgan fingerprint density at radius 3 is 2.54 bits per heavy atom. The fraction of sp³-hybridized carbons (Fsp3) is 0.800. The highest BCUT2D eigenvalue weighted by atomic mass is 32.1. The number of likely N-dealkylation sites (tertiary alicyclic amines) is 1. The van der Waals surface area contributed by atoms with Crippen molar-refractivity contribution in [3.8, 4) is 0 Å². The van der Waals surface area contributed by atoms with Crippen LogP contribution in [0.1, 0.15) is 19.8 Å². The van der Waals surface area contributed by atoms with Crippen LogP contribution >= 0.6 is 12.6 Å². The van der Waals surface area contributed by atoms with Crippen LogP contribution in [0, 0.1) is 0 Å². The molecule has 0 aliphatic carbocycles. The molecule has 0 spiro atoms. The fourth-order valence-electron chi connectivity index (χ4n) is 1.52. The van der Waals surface area contributed by atoms with E-state index in [1.807, 2.05) is 6.92 Å². The molecule has 0 amide bonds. The van der Waals surface area contributed by atoms with Gasteiger partial charge in [-0.2, -0.15) is 12.6 Å². The lowest BCUT2D eigenvalue weighted by Crippen LogP contribution is -2.42. The summed E-state index contributed by atoms with van der Waals surface area (Å²) in [7, 11) is 0. The third-order valence-corrected chi connectivity index (χ3v) is 2.78. The molecule has 0 unspecified atom stereocenters. The third-order valence-electron chi connectivity index (χ3n) is 2.57. The van der Waals surface area contributed by atoms with Crippen molar-refractivity contribution in [2.24, 2.45) is 0 Å². The number of hydrogen-bond acceptors (Lipinski definition) is 3. The van der Waals surface area contributed by atoms with Gasteiger partial charge in [0.05, 0.1) is 5.60 Å². The molecule has 1 heterocycles. The molecule has 0 bridgehead atoms. The highest BCUT2D eigenvalue weighted by Crippen LogP contribution is 2.20. The molecule has 0 aromatic carbocycles. The number of hydrogen-bond donors (Lipinski definition) is 2. The quantitative estimate of drug-likeness (QED) is 0.531. The van der Waals surface area contributed by atoms with Crippen molar-refractivity contribution >= 4 is 12.6 Å². The van der Waals surface area contributed by atoms with Crippen LogP contribution in [0.5, 0.6) is 0 Å². The topological polar surface area (TPSA) is 23.5 Å². The van der Waals surface area contributed by atoms with E-state index in [1.54, 1.807) is 0 Å². The van der Waals surface area contributed by atoms with Crippen molar-refractivity contribution in [1.82, 2.24) is 4.90 Å². The van der Waals surface area contributed by atoms with Crippen LogP contribution in [0.4, 0.5) is 0 Å². The van der Waals surface area contributed by atoms with E-state index in [4.69, 9.17) is 0 Å². The van der Waals surface area contributed by atoms with Crippen molar-refractivity contribution in [3.05, 3.63) is 12.2 Å². The monoisotopic (exact) mass is 201 g/mol. The molecule has 2 nitrogen and oxygen atoms in total. The minimum Gasteiger partial charge on any atom is -0.390 e. The largest absolute Gasteiger partial charge is 0.390 e. The minimum atomic E-state index is -0.427. The van der Waals surface area contributed by atoms with Crippen LogP contribution in [0.15, 0.2) is 12.2 Å². The highest BCUT2D eigenvalue weighted by molar-refractivity contribution is 7.80. The van der Waals surface area contributed by atoms with Gasteiger partial charge in [0.2, 0.25) is 0 Å². The Morgan fingerprint density at radius 1 is 1.38 bits per heavy atom. The lowest BCUT2D eigenvalue weighted by molar-refractivity contribution is -0.00245. The maximum absolute atomic E-state index is 9.71. The van der Waals surface area contributed by atoms with Gasteiger partial charge in [-0.3, -0.25) is 4.90 Å². The summed E-state index contributed by atoms with van der Waals surface area (Å²) in [4.78, 5) is 2.36. The van der Waals surface area contributed by atoms with Crippen molar-refractivity contribution in [1.29, 1.82) is 0 Å². The molecule has 0 aromatic heterocycles. The molecule has 0 atom stereocenters. The molecule has 0 saturated carbocycles. The van der Waals surface area contributed by atoms with Crippen LogP contribution in [0.3, 0.4) is 0 Å². The van der Waals surface area contributed by atoms with Gasteiger partial charge >= 0.3 is 0 Å². The van der Waals surface area contributed by atoms with Gasteiger partial charge in [-0.1, -0.05) is 12.2 Å². The summed E-state index contributed by atoms with van der Waals surface area (Å²) >= 11 is 4.10. The lowest BCUT2D eigenvalue weighted by Gasteiger charge is -2.35. The van der Waals surface area contributed by atoms with Crippen LogP contribution < -0.4 is 0 Å². The molecule has 1 fully saturated rings. The summed E-state index contributed by atoms with van der Waals surface area (Å²) in [6.45, 7) is 4.93. The first-order valence-corrected chi connectivity index (χ1v) is 5.48. The summed E-state index contributed by atoms with van der Waals surface area (Å²) in [6, 6.07) is 0. The number of nitrogens with zero attached hydrogens (tertiary/aromatic N) is 1. The van der Waals surface area contributed by atoms with Gasteiger partial charge < -0.3 is 5.11 Å². The van der Waals surface area contributed by atoms with Crippen LogP contribution in [0.2, 0.25) is 0 Å². The van der Waals surface area contributed by atoms with E-state index < -0.39 is 5.60 Å². The number of rotatable bonds is 3. The molecule has 1 saturated heterocycles. The number of piperidine rings is 1. The summed E-state index contributed by atoms with van der Waals surface area (Å²) in [5.41, 5.74) is -0.427. The van der Waals surface area contributed by atoms with Crippen molar-refractivity contribution < 1.29 is 5.11 Å². The molecule has 13 heavy (non-hydrogen) atoms. The summed E-state index contributed by atoms with van der Waals surface area (Å²) < 4.78 is 0. The second kappa shape index (κ2) is 5.03. The average molecular weight is 201 g/mol. The van der Waals surface area contributed by atoms with Gasteiger partial charge in [0.1, 0.15) is 0 Å². The zero-order chi connectivity index (χ0) is 9.73. The first-order valence-electron chi connectivity index (χ1n) is 4.85. The summed E-state index contributed by atoms with van der Waals surface area (Å²) in [6.07, 6.45) is 5.99. The van der Waals surface area contributed by atoms with Crippen LogP contribution in [-0.4, -0.2) is 41.0 Å². The maximum atomic E-state index is 9.71. The minimum absolute atomic E-state index is 0.427. The molecule has 3 heteroatoms. The normalized spacial score (nSPS) is 23.9. The first kappa shape index (κ1) is 11.1. The van der Waals surface area contributed by atoms with Crippen molar-refractivity contribution in [2.75, 3.05) is 25.4 Å². The van der Waals surface area contributed by atoms with Gasteiger partial charge in [0, 0.05) is 25.4 Å². The maximum Gasteiger partial charge on any atom is 0.0644 e. The molecule has 0 radical (unpaired) electrons. The predicted octanol–water partition coefficient (Wildman–Crippen LogP) is 1.32. The molecule has 76 valence electrons. The molecule has 1 N–H and O–H groups in total. The molecule has 0 aromatic rings. The van der Waals surface area contributed by atoms with E-state index >= 15 is 0 Å². The number of thiol groups is 1. The van der Waals surface area contributed by atoms with Gasteiger partial charge in [0.15, 0.2) is 0 Å². The van der Waals surface area contributed by atoms with E-state index in [2.05, 4.69) is 29.7 Å². The van der Waals surface area contributed by atoms with E-state index in [0.29, 0.717) is 0 Å². The number of aliphatic hydroxyl groups is 1. The molecular weight excluding hydrogens is 182 g/mol. The Bertz CT molecular complexity index is 170. The standard InChI is InChI=1S/C10H19NOS/c1-10(12)4-7-11(8-5-10)6-2-3-9-13/h2-3,12-13H,4-9H2,1H3/b3-2+. The Balaban J connectivity index is 2.21. The average Bonchev–Trinajstić information content (AvgIpc) is 2.08. The second-order valence-electron chi connectivity index (χ2n) is 3.95. The Kier molecular flexibility index (Phi) is 4.29. The van der Waals surface area contributed by atoms with Gasteiger partial charge in [-0.05, 0) is 19.8 Å². The van der Waals surface area contributed by atoms with Crippen molar-refractivity contribution in [2.45, 2.75) is 25.4 Å². The zero-order valence-corrected chi connectivity index (χ0v) is 9.13. The zero-order valence-electron chi connectivity index (χ0n) is 8.24. The molecular formula is C10H19NOS. The Morgan fingerprint density at radius 2 is 2.00 bits per heavy atom. The van der Waals surface area contributed by atoms with Gasteiger partial charge in [-0.15, -0.1) is 0 Å². The molecule has 1 aliphatic rings. The second-order valence-corrected chi connectivity index (χ2v) is 4.32. The van der Waals surface area contributed by atoms with Crippen molar-refractivity contribution in [3.63, 3.8) is 0 Å². The SMILES string of the molecule is CC1(O)CCN(C/C=C/CS)CC1. The van der Waals surface area contributed by atoms with Crippen LogP contribution in [-0.2, 0) is 0 Å². The smallest absolute Gasteiger partial charge is 0.0644 e. The van der Waals surface area contributed by atoms with Gasteiger partial charge in [-0.25, -0.2) is 0 Å². The fourth-order valence-corrected chi connectivity index (χ4v) is 1.66. The third kappa shape index (κ3) is 4.16. The highest BCUT2D eigenvalue weighted by Gasteiger charge is 2.26. The van der Waals surface area contributed by atoms with E-state index in [0.717, 1.165) is 38.2 Å². The van der Waals surface area contributed by atoms with Crippen LogP contribution in [0.25, 0.3) is 0 Å². The molecule has 1 aliphatic heterocycles. The van der Waals surface area contributed by atoms with E-state index in [1.165, 1.54) is 0 Å². The summed E-state index contributed by atoms with van der Waals surface area (Å²) in [5.74, 6) is 0.811. The van der Waals surface area contributed by atoms with Gasteiger partial charge in [0.25, 0.3) is 0 Å².